The van der Waals surface area contributed by atoms with Crippen molar-refractivity contribution in [2.45, 2.75) is 30.3 Å². The highest BCUT2D eigenvalue weighted by atomic mass is 32.2. The maximum absolute atomic E-state index is 12.3. The minimum atomic E-state index is 0.0607. The summed E-state index contributed by atoms with van der Waals surface area (Å²) in [6.07, 6.45) is 2.24. The summed E-state index contributed by atoms with van der Waals surface area (Å²) in [5, 5.41) is 3.08. The maximum atomic E-state index is 12.3. The van der Waals surface area contributed by atoms with Gasteiger partial charge >= 0.3 is 0 Å². The van der Waals surface area contributed by atoms with Crippen LogP contribution in [0.3, 0.4) is 0 Å². The van der Waals surface area contributed by atoms with E-state index in [4.69, 9.17) is 0 Å². The van der Waals surface area contributed by atoms with Gasteiger partial charge in [-0.05, 0) is 36.6 Å². The third-order valence-electron chi connectivity index (χ3n) is 4.31. The second kappa shape index (κ2) is 6.28. The molecule has 1 aliphatic carbocycles. The van der Waals surface area contributed by atoms with Crippen LogP contribution < -0.4 is 10.2 Å². The third-order valence-corrected chi connectivity index (χ3v) is 5.35. The lowest BCUT2D eigenvalue weighted by molar-refractivity contribution is 0.0951. The van der Waals surface area contributed by atoms with E-state index >= 15 is 0 Å². The highest BCUT2D eigenvalue weighted by Crippen LogP contribution is 2.36. The molecule has 0 spiro atoms. The van der Waals surface area contributed by atoms with Crippen LogP contribution in [-0.4, -0.2) is 24.2 Å². The summed E-state index contributed by atoms with van der Waals surface area (Å²) in [5.74, 6) is 1.15. The molecule has 118 valence electrons. The van der Waals surface area contributed by atoms with Gasteiger partial charge in [0.2, 0.25) is 0 Å². The van der Waals surface area contributed by atoms with Crippen LogP contribution in [0.4, 0.5) is 5.69 Å². The molecule has 1 heterocycles. The van der Waals surface area contributed by atoms with Gasteiger partial charge < -0.3 is 10.2 Å². The van der Waals surface area contributed by atoms with Crippen molar-refractivity contribution in [1.82, 2.24) is 5.32 Å². The van der Waals surface area contributed by atoms with Crippen LogP contribution in [-0.2, 0) is 6.54 Å². The van der Waals surface area contributed by atoms with Crippen LogP contribution >= 0.6 is 11.8 Å². The van der Waals surface area contributed by atoms with Gasteiger partial charge in [0.1, 0.15) is 0 Å². The molecule has 2 aromatic rings. The van der Waals surface area contributed by atoms with Crippen LogP contribution in [0.5, 0.6) is 0 Å². The highest BCUT2D eigenvalue weighted by molar-refractivity contribution is 7.99. The molecule has 4 rings (SSSR count). The van der Waals surface area contributed by atoms with E-state index in [2.05, 4.69) is 46.6 Å². The monoisotopic (exact) mass is 324 g/mol. The summed E-state index contributed by atoms with van der Waals surface area (Å²) >= 11 is 1.88. The van der Waals surface area contributed by atoms with Crippen molar-refractivity contribution < 1.29 is 4.79 Å². The number of carbonyl (C=O) groups is 1. The molecule has 0 aromatic heterocycles. The molecular formula is C19H20N2OS. The Bertz CT molecular complexity index is 713. The molecule has 2 aliphatic rings. The van der Waals surface area contributed by atoms with Gasteiger partial charge in [-0.2, -0.15) is 0 Å². The Labute approximate surface area is 141 Å². The fraction of sp³-hybridized carbons (Fsp3) is 0.316. The third kappa shape index (κ3) is 3.37. The molecule has 1 saturated carbocycles. The van der Waals surface area contributed by atoms with Crippen molar-refractivity contribution in [3.05, 3.63) is 59.7 Å². The van der Waals surface area contributed by atoms with E-state index in [1.165, 1.54) is 16.1 Å². The van der Waals surface area contributed by atoms with Gasteiger partial charge in [-0.1, -0.05) is 30.3 Å². The number of thioether (sulfide) groups is 1. The largest absolute Gasteiger partial charge is 0.365 e. The molecule has 1 aliphatic heterocycles. The Morgan fingerprint density at radius 1 is 1.17 bits per heavy atom. The highest BCUT2D eigenvalue weighted by Gasteiger charge is 2.25. The van der Waals surface area contributed by atoms with Crippen molar-refractivity contribution in [3.63, 3.8) is 0 Å². The lowest BCUT2D eigenvalue weighted by atomic mass is 10.1. The lowest BCUT2D eigenvalue weighted by Crippen LogP contribution is -2.30. The second-order valence-corrected chi connectivity index (χ2v) is 7.32. The number of benzene rings is 2. The molecule has 0 saturated heterocycles. The van der Waals surface area contributed by atoms with E-state index in [-0.39, 0.29) is 5.91 Å². The number of rotatable bonds is 4. The average Bonchev–Trinajstić information content (AvgIpc) is 3.40. The summed E-state index contributed by atoms with van der Waals surface area (Å²) in [5.41, 5.74) is 3.27. The minimum Gasteiger partial charge on any atom is -0.365 e. The lowest BCUT2D eigenvalue weighted by Gasteiger charge is -2.31. The van der Waals surface area contributed by atoms with Crippen molar-refractivity contribution in [1.29, 1.82) is 0 Å². The number of hydrogen-bond acceptors (Lipinski definition) is 3. The predicted molar refractivity (Wildman–Crippen MR) is 95.1 cm³/mol. The van der Waals surface area contributed by atoms with E-state index < -0.39 is 0 Å². The van der Waals surface area contributed by atoms with Gasteiger partial charge in [0.05, 0.1) is 5.69 Å². The molecule has 1 fully saturated rings. The van der Waals surface area contributed by atoms with Crippen molar-refractivity contribution in [3.8, 4) is 0 Å². The predicted octanol–water partition coefficient (Wildman–Crippen LogP) is 3.69. The Kier molecular flexibility index (Phi) is 4.00. The molecule has 4 heteroatoms. The number of anilines is 1. The van der Waals surface area contributed by atoms with Gasteiger partial charge in [0.25, 0.3) is 5.91 Å². The first kappa shape index (κ1) is 14.6. The number of nitrogens with zero attached hydrogens (tertiary/aromatic N) is 1. The first-order chi connectivity index (χ1) is 11.3. The average molecular weight is 324 g/mol. The number of amides is 1. The molecule has 23 heavy (non-hydrogen) atoms. The Morgan fingerprint density at radius 2 is 2.00 bits per heavy atom. The van der Waals surface area contributed by atoms with Gasteiger partial charge in [0, 0.05) is 35.3 Å². The quantitative estimate of drug-likeness (QED) is 0.931. The molecule has 0 bridgehead atoms. The van der Waals surface area contributed by atoms with Gasteiger partial charge in [-0.25, -0.2) is 0 Å². The van der Waals surface area contributed by atoms with Gasteiger partial charge in [-0.15, -0.1) is 11.8 Å². The fourth-order valence-corrected chi connectivity index (χ4v) is 3.91. The van der Waals surface area contributed by atoms with Crippen LogP contribution in [0.25, 0.3) is 0 Å². The molecule has 1 amide bonds. The van der Waals surface area contributed by atoms with E-state index in [0.29, 0.717) is 6.04 Å². The number of fused-ring (bicyclic) bond motifs is 1. The van der Waals surface area contributed by atoms with Crippen LogP contribution in [0.1, 0.15) is 28.8 Å². The Morgan fingerprint density at radius 3 is 2.78 bits per heavy atom. The van der Waals surface area contributed by atoms with Crippen molar-refractivity contribution >= 4 is 23.4 Å². The van der Waals surface area contributed by atoms with E-state index in [0.717, 1.165) is 37.2 Å². The van der Waals surface area contributed by atoms with Gasteiger partial charge in [0.15, 0.2) is 0 Å². The first-order valence-corrected chi connectivity index (χ1v) is 9.15. The van der Waals surface area contributed by atoms with Crippen LogP contribution in [0, 0.1) is 0 Å². The smallest absolute Gasteiger partial charge is 0.251 e. The standard InChI is InChI=1S/C19H20N2OS/c22-19(20-16-7-8-16)15-6-9-18-17(12-15)21(10-11-23-18)13-14-4-2-1-3-5-14/h1-6,9,12,16H,7-8,10-11,13H2,(H,20,22). The van der Waals surface area contributed by atoms with E-state index in [1.54, 1.807) is 0 Å². The summed E-state index contributed by atoms with van der Waals surface area (Å²) in [4.78, 5) is 16.0. The number of nitrogens with one attached hydrogen (secondary N) is 1. The molecule has 0 unspecified atom stereocenters. The van der Waals surface area contributed by atoms with E-state index in [1.807, 2.05) is 23.9 Å². The second-order valence-electron chi connectivity index (χ2n) is 6.19. The maximum Gasteiger partial charge on any atom is 0.251 e. The van der Waals surface area contributed by atoms with Gasteiger partial charge in [-0.3, -0.25) is 4.79 Å². The molecule has 3 nitrogen and oxygen atoms in total. The summed E-state index contributed by atoms with van der Waals surface area (Å²) < 4.78 is 0. The van der Waals surface area contributed by atoms with Crippen LogP contribution in [0.2, 0.25) is 0 Å². The van der Waals surface area contributed by atoms with E-state index in [9.17, 15) is 4.79 Å². The topological polar surface area (TPSA) is 32.3 Å². The molecule has 0 radical (unpaired) electrons. The van der Waals surface area contributed by atoms with Crippen LogP contribution in [0.15, 0.2) is 53.4 Å². The Hall–Kier alpha value is -1.94. The zero-order chi connectivity index (χ0) is 15.6. The number of hydrogen-bond donors (Lipinski definition) is 1. The summed E-state index contributed by atoms with van der Waals surface area (Å²) in [6, 6.07) is 17.0. The van der Waals surface area contributed by atoms with Crippen molar-refractivity contribution in [2.75, 3.05) is 17.2 Å². The van der Waals surface area contributed by atoms with Crippen molar-refractivity contribution in [2.24, 2.45) is 0 Å². The molecular weight excluding hydrogens is 304 g/mol. The zero-order valence-corrected chi connectivity index (χ0v) is 13.8. The minimum absolute atomic E-state index is 0.0607. The SMILES string of the molecule is O=C(NC1CC1)c1ccc2c(c1)N(Cc1ccccc1)CCS2. The summed E-state index contributed by atoms with van der Waals surface area (Å²) in [7, 11) is 0. The Balaban J connectivity index is 1.58. The molecule has 1 N–H and O–H groups in total. The molecule has 0 atom stereocenters. The first-order valence-electron chi connectivity index (χ1n) is 8.16. The fourth-order valence-electron chi connectivity index (χ4n) is 2.88. The molecule has 2 aromatic carbocycles. The zero-order valence-electron chi connectivity index (χ0n) is 13.0. The number of carbonyl (C=O) groups excluding carboxylic acids is 1. The summed E-state index contributed by atoms with van der Waals surface area (Å²) in [6.45, 7) is 1.91. The normalized spacial score (nSPS) is 16.8.